The van der Waals surface area contributed by atoms with Crippen LogP contribution in [0.15, 0.2) is 24.3 Å². The molecule has 0 fully saturated rings. The van der Waals surface area contributed by atoms with Crippen molar-refractivity contribution in [3.63, 3.8) is 0 Å². The molecular formula is C14H22N2O2. The van der Waals surface area contributed by atoms with Crippen molar-refractivity contribution in [3.8, 4) is 5.75 Å². The van der Waals surface area contributed by atoms with Gasteiger partial charge in [0, 0.05) is 20.1 Å². The highest BCUT2D eigenvalue weighted by molar-refractivity contribution is 5.77. The molecule has 0 heterocycles. The number of benzene rings is 1. The van der Waals surface area contributed by atoms with Crippen molar-refractivity contribution in [2.45, 2.75) is 25.8 Å². The van der Waals surface area contributed by atoms with Crippen LogP contribution in [0.1, 0.15) is 18.9 Å². The standard InChI is InChI=1S/C14H22N2O2/c1-4-12(15)8-11-6-5-7-13(9-11)18-10-14(17)16(2)3/h5-7,9,12H,4,8,10,15H2,1-3H3. The van der Waals surface area contributed by atoms with Crippen molar-refractivity contribution in [2.24, 2.45) is 5.73 Å². The first-order valence-corrected chi connectivity index (χ1v) is 6.20. The minimum Gasteiger partial charge on any atom is -0.484 e. The molecule has 0 saturated carbocycles. The predicted octanol–water partition coefficient (Wildman–Crippen LogP) is 1.43. The van der Waals surface area contributed by atoms with Crippen LogP contribution in [0.4, 0.5) is 0 Å². The molecule has 0 aliphatic heterocycles. The summed E-state index contributed by atoms with van der Waals surface area (Å²) in [7, 11) is 3.42. The zero-order chi connectivity index (χ0) is 13.5. The van der Waals surface area contributed by atoms with E-state index in [1.807, 2.05) is 24.3 Å². The minimum absolute atomic E-state index is 0.0503. The highest BCUT2D eigenvalue weighted by Crippen LogP contribution is 2.15. The molecule has 0 spiro atoms. The van der Waals surface area contributed by atoms with Crippen molar-refractivity contribution in [1.29, 1.82) is 0 Å². The monoisotopic (exact) mass is 250 g/mol. The molecule has 0 saturated heterocycles. The highest BCUT2D eigenvalue weighted by atomic mass is 16.5. The molecule has 2 N–H and O–H groups in total. The van der Waals surface area contributed by atoms with Gasteiger partial charge in [0.1, 0.15) is 5.75 Å². The van der Waals surface area contributed by atoms with E-state index in [0.29, 0.717) is 5.75 Å². The summed E-state index contributed by atoms with van der Waals surface area (Å²) in [5, 5.41) is 0. The number of likely N-dealkylation sites (N-methyl/N-ethyl adjacent to an activating group) is 1. The molecule has 1 unspecified atom stereocenters. The molecular weight excluding hydrogens is 228 g/mol. The van der Waals surface area contributed by atoms with E-state index in [-0.39, 0.29) is 18.6 Å². The number of carbonyl (C=O) groups excluding carboxylic acids is 1. The molecule has 1 aromatic carbocycles. The van der Waals surface area contributed by atoms with Crippen molar-refractivity contribution in [1.82, 2.24) is 4.90 Å². The van der Waals surface area contributed by atoms with Crippen LogP contribution >= 0.6 is 0 Å². The number of carbonyl (C=O) groups is 1. The first-order chi connectivity index (χ1) is 8.52. The van der Waals surface area contributed by atoms with Gasteiger partial charge in [-0.15, -0.1) is 0 Å². The predicted molar refractivity (Wildman–Crippen MR) is 72.6 cm³/mol. The molecule has 18 heavy (non-hydrogen) atoms. The van der Waals surface area contributed by atoms with E-state index in [2.05, 4.69) is 6.92 Å². The number of hydrogen-bond donors (Lipinski definition) is 1. The third-order valence-corrected chi connectivity index (χ3v) is 2.78. The lowest BCUT2D eigenvalue weighted by molar-refractivity contribution is -0.130. The van der Waals surface area contributed by atoms with Crippen molar-refractivity contribution in [3.05, 3.63) is 29.8 Å². The van der Waals surface area contributed by atoms with Gasteiger partial charge in [-0.2, -0.15) is 0 Å². The number of hydrogen-bond acceptors (Lipinski definition) is 3. The second-order valence-electron chi connectivity index (χ2n) is 4.60. The molecule has 4 heteroatoms. The Morgan fingerprint density at radius 2 is 2.17 bits per heavy atom. The summed E-state index contributed by atoms with van der Waals surface area (Å²) in [4.78, 5) is 12.9. The third kappa shape index (κ3) is 4.75. The Bertz CT molecular complexity index is 391. The number of ether oxygens (including phenoxy) is 1. The number of nitrogens with zero attached hydrogens (tertiary/aromatic N) is 1. The van der Waals surface area contributed by atoms with E-state index in [1.165, 1.54) is 4.90 Å². The Morgan fingerprint density at radius 1 is 1.44 bits per heavy atom. The number of nitrogens with two attached hydrogens (primary N) is 1. The zero-order valence-corrected chi connectivity index (χ0v) is 11.3. The molecule has 1 atom stereocenters. The van der Waals surface area contributed by atoms with Crippen LogP contribution in [0.5, 0.6) is 5.75 Å². The molecule has 0 bridgehead atoms. The molecule has 1 aromatic rings. The van der Waals surface area contributed by atoms with Gasteiger partial charge in [0.05, 0.1) is 0 Å². The fourth-order valence-electron chi connectivity index (χ4n) is 1.48. The SMILES string of the molecule is CCC(N)Cc1cccc(OCC(=O)N(C)C)c1. The highest BCUT2D eigenvalue weighted by Gasteiger charge is 2.06. The lowest BCUT2D eigenvalue weighted by Crippen LogP contribution is -2.27. The van der Waals surface area contributed by atoms with E-state index in [0.717, 1.165) is 18.4 Å². The van der Waals surface area contributed by atoms with Crippen molar-refractivity contribution < 1.29 is 9.53 Å². The van der Waals surface area contributed by atoms with Gasteiger partial charge in [-0.05, 0) is 30.5 Å². The summed E-state index contributed by atoms with van der Waals surface area (Å²) < 4.78 is 5.45. The Balaban J connectivity index is 2.57. The van der Waals surface area contributed by atoms with E-state index >= 15 is 0 Å². The third-order valence-electron chi connectivity index (χ3n) is 2.78. The molecule has 0 radical (unpaired) electrons. The normalized spacial score (nSPS) is 12.0. The Labute approximate surface area is 109 Å². The zero-order valence-electron chi connectivity index (χ0n) is 11.3. The van der Waals surface area contributed by atoms with Gasteiger partial charge in [0.25, 0.3) is 5.91 Å². The molecule has 1 rings (SSSR count). The maximum atomic E-state index is 11.4. The van der Waals surface area contributed by atoms with Gasteiger partial charge < -0.3 is 15.4 Å². The smallest absolute Gasteiger partial charge is 0.259 e. The van der Waals surface area contributed by atoms with E-state index in [4.69, 9.17) is 10.5 Å². The first kappa shape index (κ1) is 14.5. The summed E-state index contributed by atoms with van der Waals surface area (Å²) in [5.74, 6) is 0.664. The molecule has 4 nitrogen and oxygen atoms in total. The first-order valence-electron chi connectivity index (χ1n) is 6.20. The second kappa shape index (κ2) is 7.01. The summed E-state index contributed by atoms with van der Waals surface area (Å²) >= 11 is 0. The van der Waals surface area contributed by atoms with Gasteiger partial charge in [-0.25, -0.2) is 0 Å². The van der Waals surface area contributed by atoms with E-state index < -0.39 is 0 Å². The Kier molecular flexibility index (Phi) is 5.65. The topological polar surface area (TPSA) is 55.6 Å². The number of rotatable bonds is 6. The largest absolute Gasteiger partial charge is 0.484 e. The summed E-state index contributed by atoms with van der Waals surface area (Å²) in [6, 6.07) is 7.91. The lowest BCUT2D eigenvalue weighted by atomic mass is 10.0. The Morgan fingerprint density at radius 3 is 2.78 bits per heavy atom. The fourth-order valence-corrected chi connectivity index (χ4v) is 1.48. The van der Waals surface area contributed by atoms with E-state index in [1.54, 1.807) is 14.1 Å². The van der Waals surface area contributed by atoms with Gasteiger partial charge in [0.15, 0.2) is 6.61 Å². The van der Waals surface area contributed by atoms with Gasteiger partial charge in [-0.1, -0.05) is 19.1 Å². The van der Waals surface area contributed by atoms with Crippen LogP contribution in [0.25, 0.3) is 0 Å². The molecule has 1 amide bonds. The lowest BCUT2D eigenvalue weighted by Gasteiger charge is -2.13. The van der Waals surface area contributed by atoms with Gasteiger partial charge in [0.2, 0.25) is 0 Å². The van der Waals surface area contributed by atoms with Gasteiger partial charge in [-0.3, -0.25) is 4.79 Å². The molecule has 0 aromatic heterocycles. The van der Waals surface area contributed by atoms with Crippen LogP contribution in [0.2, 0.25) is 0 Å². The minimum atomic E-state index is -0.0503. The quantitative estimate of drug-likeness (QED) is 0.831. The molecule has 0 aliphatic carbocycles. The number of amides is 1. The molecule has 100 valence electrons. The average Bonchev–Trinajstić information content (AvgIpc) is 2.36. The second-order valence-corrected chi connectivity index (χ2v) is 4.60. The maximum absolute atomic E-state index is 11.4. The van der Waals surface area contributed by atoms with Crippen LogP contribution in [-0.2, 0) is 11.2 Å². The Hall–Kier alpha value is -1.55. The average molecular weight is 250 g/mol. The van der Waals surface area contributed by atoms with Gasteiger partial charge >= 0.3 is 0 Å². The summed E-state index contributed by atoms with van der Waals surface area (Å²) in [6.07, 6.45) is 1.78. The molecule has 0 aliphatic rings. The van der Waals surface area contributed by atoms with Crippen LogP contribution < -0.4 is 10.5 Å². The summed E-state index contributed by atoms with van der Waals surface area (Å²) in [6.45, 7) is 2.14. The maximum Gasteiger partial charge on any atom is 0.259 e. The van der Waals surface area contributed by atoms with Crippen LogP contribution in [0, 0.1) is 0 Å². The van der Waals surface area contributed by atoms with Crippen molar-refractivity contribution in [2.75, 3.05) is 20.7 Å². The van der Waals surface area contributed by atoms with E-state index in [9.17, 15) is 4.79 Å². The summed E-state index contributed by atoms with van der Waals surface area (Å²) in [5.41, 5.74) is 7.05. The van der Waals surface area contributed by atoms with Crippen LogP contribution in [0.3, 0.4) is 0 Å². The van der Waals surface area contributed by atoms with Crippen LogP contribution in [-0.4, -0.2) is 37.6 Å². The van der Waals surface area contributed by atoms with Crippen molar-refractivity contribution >= 4 is 5.91 Å². The fraction of sp³-hybridized carbons (Fsp3) is 0.500.